The maximum Gasteiger partial charge on any atom is 0.244 e. The van der Waals surface area contributed by atoms with Crippen LogP contribution < -0.4 is 15.8 Å². The molecule has 6 rings (SSSR count). The van der Waals surface area contributed by atoms with Crippen LogP contribution in [0.1, 0.15) is 44.9 Å². The molecule has 5 aliphatic rings. The number of sulfonamides is 1. The standard InChI is InChI=1S/C21H24Cl2FN3O4S/c22-13-5-15(24)16(6-14(13)23)32(30,31)27-21(1-2-21)19(29)26-17-11-3-10-4-12(17)9-20(7-10,8-11)18(25)28/h5-6,10-12,17,27H,1-4,7-9H2,(H2,25,28)(H,26,29). The van der Waals surface area contributed by atoms with Crippen LogP contribution in [0.15, 0.2) is 17.0 Å². The first-order chi connectivity index (χ1) is 14.9. The van der Waals surface area contributed by atoms with Gasteiger partial charge in [-0.2, -0.15) is 4.72 Å². The molecule has 0 radical (unpaired) electrons. The molecule has 174 valence electrons. The molecule has 4 bridgehead atoms. The van der Waals surface area contributed by atoms with Crippen molar-refractivity contribution < 1.29 is 22.4 Å². The Morgan fingerprint density at radius 3 is 2.22 bits per heavy atom. The maximum atomic E-state index is 14.3. The van der Waals surface area contributed by atoms with Crippen LogP contribution in [-0.4, -0.2) is 31.8 Å². The Labute approximate surface area is 195 Å². The van der Waals surface area contributed by atoms with Gasteiger partial charge in [-0.3, -0.25) is 9.59 Å². The summed E-state index contributed by atoms with van der Waals surface area (Å²) in [4.78, 5) is 24.7. The molecule has 2 unspecified atom stereocenters. The lowest BCUT2D eigenvalue weighted by Crippen LogP contribution is -2.64. The number of primary amides is 1. The summed E-state index contributed by atoms with van der Waals surface area (Å²) in [5, 5.41) is 2.87. The molecular weight excluding hydrogens is 480 g/mol. The molecule has 4 N–H and O–H groups in total. The number of hydrogen-bond acceptors (Lipinski definition) is 4. The highest BCUT2D eigenvalue weighted by Gasteiger charge is 2.60. The number of rotatable bonds is 6. The van der Waals surface area contributed by atoms with E-state index in [1.54, 1.807) is 0 Å². The molecule has 0 aliphatic heterocycles. The first-order valence-corrected chi connectivity index (χ1v) is 13.0. The average molecular weight is 504 g/mol. The largest absolute Gasteiger partial charge is 0.369 e. The number of carbonyl (C=O) groups excluding carboxylic acids is 2. The van der Waals surface area contributed by atoms with Crippen molar-refractivity contribution in [3.8, 4) is 0 Å². The van der Waals surface area contributed by atoms with Gasteiger partial charge in [0.1, 0.15) is 16.3 Å². The third-order valence-electron chi connectivity index (χ3n) is 7.87. The zero-order chi connectivity index (χ0) is 23.1. The van der Waals surface area contributed by atoms with E-state index in [9.17, 15) is 22.4 Å². The van der Waals surface area contributed by atoms with E-state index in [4.69, 9.17) is 28.9 Å². The molecule has 1 aromatic carbocycles. The van der Waals surface area contributed by atoms with Crippen molar-refractivity contribution in [2.24, 2.45) is 28.9 Å². The zero-order valence-electron chi connectivity index (χ0n) is 17.2. The smallest absolute Gasteiger partial charge is 0.244 e. The van der Waals surface area contributed by atoms with Crippen LogP contribution in [0.2, 0.25) is 10.0 Å². The van der Waals surface area contributed by atoms with E-state index in [0.29, 0.717) is 31.6 Å². The van der Waals surface area contributed by atoms with Crippen LogP contribution in [0.5, 0.6) is 0 Å². The van der Waals surface area contributed by atoms with Crippen molar-refractivity contribution in [2.75, 3.05) is 0 Å². The number of halogens is 3. The molecule has 1 aromatic rings. The molecule has 32 heavy (non-hydrogen) atoms. The lowest BCUT2D eigenvalue weighted by atomic mass is 9.47. The second kappa shape index (κ2) is 7.29. The Bertz CT molecular complexity index is 1110. The summed E-state index contributed by atoms with van der Waals surface area (Å²) in [5.41, 5.74) is 3.94. The Morgan fingerprint density at radius 2 is 1.66 bits per heavy atom. The van der Waals surface area contributed by atoms with E-state index in [1.807, 2.05) is 0 Å². The topological polar surface area (TPSA) is 118 Å². The monoisotopic (exact) mass is 503 g/mol. The number of hydrogen-bond donors (Lipinski definition) is 3. The predicted octanol–water partition coefficient (Wildman–Crippen LogP) is 2.74. The highest BCUT2D eigenvalue weighted by molar-refractivity contribution is 7.89. The average Bonchev–Trinajstić information content (AvgIpc) is 3.46. The van der Waals surface area contributed by atoms with Gasteiger partial charge in [0.25, 0.3) is 0 Å². The fourth-order valence-electron chi connectivity index (χ4n) is 6.37. The third kappa shape index (κ3) is 3.52. The summed E-state index contributed by atoms with van der Waals surface area (Å²) in [6.07, 6.45) is 4.65. The van der Waals surface area contributed by atoms with Crippen molar-refractivity contribution >= 4 is 45.0 Å². The number of amides is 2. The van der Waals surface area contributed by atoms with Gasteiger partial charge in [-0.1, -0.05) is 23.2 Å². The van der Waals surface area contributed by atoms with E-state index in [2.05, 4.69) is 10.0 Å². The van der Waals surface area contributed by atoms with Gasteiger partial charge in [-0.25, -0.2) is 12.8 Å². The summed E-state index contributed by atoms with van der Waals surface area (Å²) < 4.78 is 42.4. The number of carbonyl (C=O) groups is 2. The quantitative estimate of drug-likeness (QED) is 0.517. The van der Waals surface area contributed by atoms with Gasteiger partial charge >= 0.3 is 0 Å². The highest BCUT2D eigenvalue weighted by Crippen LogP contribution is 2.60. The Morgan fingerprint density at radius 1 is 1.06 bits per heavy atom. The third-order valence-corrected chi connectivity index (χ3v) is 10.1. The summed E-state index contributed by atoms with van der Waals surface area (Å²) in [7, 11) is -4.34. The van der Waals surface area contributed by atoms with Gasteiger partial charge in [0, 0.05) is 11.5 Å². The van der Waals surface area contributed by atoms with Crippen molar-refractivity contribution in [1.29, 1.82) is 0 Å². The normalized spacial score (nSPS) is 34.3. The Balaban J connectivity index is 1.33. The molecule has 5 aliphatic carbocycles. The molecule has 0 spiro atoms. The van der Waals surface area contributed by atoms with Gasteiger partial charge < -0.3 is 11.1 Å². The lowest BCUT2D eigenvalue weighted by molar-refractivity contribution is -0.147. The van der Waals surface area contributed by atoms with E-state index < -0.39 is 37.6 Å². The summed E-state index contributed by atoms with van der Waals surface area (Å²) in [6, 6.07) is 1.66. The number of benzene rings is 1. The number of nitrogens with one attached hydrogen (secondary N) is 2. The van der Waals surface area contributed by atoms with Crippen LogP contribution in [-0.2, 0) is 19.6 Å². The number of nitrogens with two attached hydrogens (primary N) is 1. The predicted molar refractivity (Wildman–Crippen MR) is 116 cm³/mol. The van der Waals surface area contributed by atoms with Gasteiger partial charge in [0.05, 0.1) is 10.0 Å². The molecule has 2 atom stereocenters. The van der Waals surface area contributed by atoms with Crippen LogP contribution in [0.25, 0.3) is 0 Å². The molecule has 0 heterocycles. The molecular formula is C21H24Cl2FN3O4S. The molecule has 5 fully saturated rings. The summed E-state index contributed by atoms with van der Waals surface area (Å²) >= 11 is 11.6. The molecule has 0 saturated heterocycles. The molecule has 7 nitrogen and oxygen atoms in total. The molecule has 2 amide bonds. The summed E-state index contributed by atoms with van der Waals surface area (Å²) in [5.74, 6) is -0.959. The summed E-state index contributed by atoms with van der Waals surface area (Å²) in [6.45, 7) is 0. The molecule has 11 heteroatoms. The van der Waals surface area contributed by atoms with Crippen molar-refractivity contribution in [1.82, 2.24) is 10.0 Å². The Kier molecular flexibility index (Phi) is 5.10. The minimum Gasteiger partial charge on any atom is -0.369 e. The minimum absolute atomic E-state index is 0.0975. The molecule has 0 aromatic heterocycles. The zero-order valence-corrected chi connectivity index (χ0v) is 19.5. The first kappa shape index (κ1) is 22.4. The van der Waals surface area contributed by atoms with E-state index in [0.717, 1.165) is 31.4 Å². The fraction of sp³-hybridized carbons (Fsp3) is 0.619. The van der Waals surface area contributed by atoms with Crippen LogP contribution >= 0.6 is 23.2 Å². The Hall–Kier alpha value is -1.42. The highest BCUT2D eigenvalue weighted by atomic mass is 35.5. The van der Waals surface area contributed by atoms with Crippen LogP contribution in [0.4, 0.5) is 4.39 Å². The maximum absolute atomic E-state index is 14.3. The SMILES string of the molecule is NC(=O)C12CC3CC(C1)C(NC(=O)C1(NS(=O)(=O)c4cc(Cl)c(Cl)cc4F)CC1)C(C3)C2. The second-order valence-corrected chi connectivity index (χ2v) is 12.5. The fourth-order valence-corrected chi connectivity index (χ4v) is 8.26. The van der Waals surface area contributed by atoms with Crippen molar-refractivity contribution in [3.63, 3.8) is 0 Å². The van der Waals surface area contributed by atoms with Gasteiger partial charge in [-0.15, -0.1) is 0 Å². The van der Waals surface area contributed by atoms with E-state index >= 15 is 0 Å². The van der Waals surface area contributed by atoms with Gasteiger partial charge in [-0.05, 0) is 74.8 Å². The lowest BCUT2D eigenvalue weighted by Gasteiger charge is -2.59. The van der Waals surface area contributed by atoms with Crippen molar-refractivity contribution in [2.45, 2.75) is 61.4 Å². The van der Waals surface area contributed by atoms with Gasteiger partial charge in [0.2, 0.25) is 21.8 Å². The molecule has 5 saturated carbocycles. The van der Waals surface area contributed by atoms with E-state index in [-0.39, 0.29) is 33.8 Å². The van der Waals surface area contributed by atoms with Crippen molar-refractivity contribution in [3.05, 3.63) is 28.0 Å². The minimum atomic E-state index is -4.34. The van der Waals surface area contributed by atoms with E-state index in [1.165, 1.54) is 0 Å². The van der Waals surface area contributed by atoms with Crippen LogP contribution in [0.3, 0.4) is 0 Å². The second-order valence-electron chi connectivity index (χ2n) is 10.00. The first-order valence-electron chi connectivity index (χ1n) is 10.7. The van der Waals surface area contributed by atoms with Gasteiger partial charge in [0.15, 0.2) is 0 Å². The van der Waals surface area contributed by atoms with Crippen LogP contribution in [0, 0.1) is 29.0 Å².